The number of hydrogen-bond donors (Lipinski definition) is 3. The highest BCUT2D eigenvalue weighted by Crippen LogP contribution is 2.32. The molecular weight excluding hydrogens is 272 g/mol. The highest BCUT2D eigenvalue weighted by atomic mass is 32.2. The van der Waals surface area contributed by atoms with Crippen LogP contribution in [-0.4, -0.2) is 39.7 Å². The van der Waals surface area contributed by atoms with Crippen LogP contribution in [0, 0.1) is 10.1 Å². The van der Waals surface area contributed by atoms with E-state index in [1.54, 1.807) is 25.2 Å². The van der Waals surface area contributed by atoms with Crippen molar-refractivity contribution in [3.8, 4) is 0 Å². The molecule has 8 nitrogen and oxygen atoms in total. The number of benzene rings is 1. The summed E-state index contributed by atoms with van der Waals surface area (Å²) in [5, 5.41) is 16.6. The van der Waals surface area contributed by atoms with Crippen molar-refractivity contribution in [2.45, 2.75) is 0 Å². The number of anilines is 2. The molecule has 0 saturated heterocycles. The van der Waals surface area contributed by atoms with E-state index >= 15 is 0 Å². The van der Waals surface area contributed by atoms with Gasteiger partial charge >= 0.3 is 5.69 Å². The number of para-hydroxylation sites is 1. The fraction of sp³-hybridized carbons (Fsp3) is 0.400. The van der Waals surface area contributed by atoms with Gasteiger partial charge < -0.3 is 10.6 Å². The van der Waals surface area contributed by atoms with Crippen molar-refractivity contribution in [2.75, 3.05) is 37.0 Å². The molecule has 3 N–H and O–H groups in total. The second-order valence-corrected chi connectivity index (χ2v) is 5.64. The van der Waals surface area contributed by atoms with Crippen LogP contribution in [0.2, 0.25) is 0 Å². The molecule has 1 aromatic rings. The molecule has 106 valence electrons. The predicted octanol–water partition coefficient (Wildman–Crippen LogP) is 0.598. The van der Waals surface area contributed by atoms with Crippen LogP contribution in [0.4, 0.5) is 17.1 Å². The van der Waals surface area contributed by atoms with Crippen molar-refractivity contribution < 1.29 is 13.3 Å². The van der Waals surface area contributed by atoms with Crippen LogP contribution in [0.5, 0.6) is 0 Å². The van der Waals surface area contributed by atoms with Gasteiger partial charge in [0.15, 0.2) is 0 Å². The van der Waals surface area contributed by atoms with Gasteiger partial charge in [0.2, 0.25) is 10.0 Å². The minimum Gasteiger partial charge on any atom is -0.382 e. The molecule has 1 rings (SSSR count). The summed E-state index contributed by atoms with van der Waals surface area (Å²) in [7, 11) is -1.66. The van der Waals surface area contributed by atoms with Crippen LogP contribution in [-0.2, 0) is 10.0 Å². The summed E-state index contributed by atoms with van der Waals surface area (Å²) in [5.74, 6) is 0. The quantitative estimate of drug-likeness (QED) is 0.384. The third-order valence-corrected chi connectivity index (χ3v) is 3.02. The van der Waals surface area contributed by atoms with Gasteiger partial charge in [-0.1, -0.05) is 6.07 Å². The van der Waals surface area contributed by atoms with Crippen molar-refractivity contribution in [2.24, 2.45) is 0 Å². The standard InChI is InChI=1S/C10H16N4O4S/c1-11-8-4-3-5-9(10(8)14(15)16)12-6-7-13-19(2,17)18/h3-5,11-13H,6-7H2,1-2H3. The van der Waals surface area contributed by atoms with E-state index in [0.717, 1.165) is 6.26 Å². The lowest BCUT2D eigenvalue weighted by Gasteiger charge is -2.10. The lowest BCUT2D eigenvalue weighted by molar-refractivity contribution is -0.383. The SMILES string of the molecule is CNc1cccc(NCCNS(C)(=O)=O)c1[N+](=O)[O-]. The Morgan fingerprint density at radius 2 is 1.89 bits per heavy atom. The minimum absolute atomic E-state index is 0.0654. The molecule has 0 spiro atoms. The Kier molecular flexibility index (Phi) is 5.07. The van der Waals surface area contributed by atoms with Crippen LogP contribution in [0.1, 0.15) is 0 Å². The second kappa shape index (κ2) is 6.34. The maximum Gasteiger partial charge on any atom is 0.315 e. The van der Waals surface area contributed by atoms with Crippen LogP contribution in [0.3, 0.4) is 0 Å². The lowest BCUT2D eigenvalue weighted by Crippen LogP contribution is -2.27. The van der Waals surface area contributed by atoms with Crippen molar-refractivity contribution in [1.29, 1.82) is 0 Å². The van der Waals surface area contributed by atoms with Gasteiger partial charge in [0, 0.05) is 20.1 Å². The smallest absolute Gasteiger partial charge is 0.315 e. The second-order valence-electron chi connectivity index (χ2n) is 3.80. The first-order chi connectivity index (χ1) is 8.85. The largest absolute Gasteiger partial charge is 0.382 e. The van der Waals surface area contributed by atoms with Gasteiger partial charge in [-0.2, -0.15) is 0 Å². The van der Waals surface area contributed by atoms with Gasteiger partial charge in [-0.25, -0.2) is 13.1 Å². The monoisotopic (exact) mass is 288 g/mol. The third kappa shape index (κ3) is 4.72. The van der Waals surface area contributed by atoms with Crippen molar-refractivity contribution >= 4 is 27.1 Å². The van der Waals surface area contributed by atoms with Crippen LogP contribution in [0.25, 0.3) is 0 Å². The molecule has 0 fully saturated rings. The predicted molar refractivity (Wildman–Crippen MR) is 74.0 cm³/mol. The number of nitro groups is 1. The molecule has 9 heteroatoms. The van der Waals surface area contributed by atoms with E-state index in [9.17, 15) is 18.5 Å². The first-order valence-corrected chi connectivity index (χ1v) is 7.38. The van der Waals surface area contributed by atoms with Crippen LogP contribution < -0.4 is 15.4 Å². The zero-order valence-corrected chi connectivity index (χ0v) is 11.5. The van der Waals surface area contributed by atoms with Crippen molar-refractivity contribution in [3.63, 3.8) is 0 Å². The maximum atomic E-state index is 11.0. The molecule has 1 aromatic carbocycles. The number of sulfonamides is 1. The summed E-state index contributed by atoms with van der Waals surface area (Å²) in [4.78, 5) is 10.5. The summed E-state index contributed by atoms with van der Waals surface area (Å²) in [6.07, 6.45) is 1.05. The molecule has 0 unspecified atom stereocenters. The van der Waals surface area contributed by atoms with E-state index in [-0.39, 0.29) is 18.8 Å². The molecule has 19 heavy (non-hydrogen) atoms. The summed E-state index contributed by atoms with van der Waals surface area (Å²) in [5.41, 5.74) is 0.669. The van der Waals surface area contributed by atoms with Crippen LogP contribution >= 0.6 is 0 Å². The van der Waals surface area contributed by atoms with Gasteiger partial charge in [-0.05, 0) is 12.1 Å². The molecule has 0 aliphatic rings. The fourth-order valence-electron chi connectivity index (χ4n) is 1.52. The molecule has 0 aliphatic heterocycles. The molecule has 0 bridgehead atoms. The number of nitro benzene ring substituents is 1. The average molecular weight is 288 g/mol. The number of nitrogens with one attached hydrogen (secondary N) is 3. The van der Waals surface area contributed by atoms with E-state index in [4.69, 9.17) is 0 Å². The lowest BCUT2D eigenvalue weighted by atomic mass is 10.2. The number of rotatable bonds is 7. The number of nitrogens with zero attached hydrogens (tertiary/aromatic N) is 1. The Morgan fingerprint density at radius 3 is 2.42 bits per heavy atom. The van der Waals surface area contributed by atoms with Crippen molar-refractivity contribution in [1.82, 2.24) is 4.72 Å². The van der Waals surface area contributed by atoms with E-state index < -0.39 is 14.9 Å². The molecule has 0 aromatic heterocycles. The first kappa shape index (κ1) is 15.2. The fourth-order valence-corrected chi connectivity index (χ4v) is 1.99. The van der Waals surface area contributed by atoms with E-state index in [1.807, 2.05) is 0 Å². The molecule has 0 atom stereocenters. The van der Waals surface area contributed by atoms with Gasteiger partial charge in [-0.3, -0.25) is 10.1 Å². The molecule has 0 aliphatic carbocycles. The maximum absolute atomic E-state index is 11.0. The minimum atomic E-state index is -3.25. The summed E-state index contributed by atoms with van der Waals surface area (Å²) in [6.45, 7) is 0.404. The molecule has 0 heterocycles. The van der Waals surface area contributed by atoms with E-state index in [2.05, 4.69) is 15.4 Å². The first-order valence-electron chi connectivity index (χ1n) is 5.49. The summed E-state index contributed by atoms with van der Waals surface area (Å²) >= 11 is 0. The van der Waals surface area contributed by atoms with E-state index in [1.165, 1.54) is 0 Å². The highest BCUT2D eigenvalue weighted by molar-refractivity contribution is 7.88. The van der Waals surface area contributed by atoms with Gasteiger partial charge in [0.05, 0.1) is 11.2 Å². The summed E-state index contributed by atoms with van der Waals surface area (Å²) < 4.78 is 24.0. The van der Waals surface area contributed by atoms with Gasteiger partial charge in [-0.15, -0.1) is 0 Å². The zero-order valence-electron chi connectivity index (χ0n) is 10.6. The summed E-state index contributed by atoms with van der Waals surface area (Å²) in [6, 6.07) is 4.84. The number of hydrogen-bond acceptors (Lipinski definition) is 6. The molecule has 0 amide bonds. The average Bonchev–Trinajstić information content (AvgIpc) is 2.32. The molecule has 0 radical (unpaired) electrons. The van der Waals surface area contributed by atoms with Gasteiger partial charge in [0.25, 0.3) is 0 Å². The molecule has 0 saturated carbocycles. The highest BCUT2D eigenvalue weighted by Gasteiger charge is 2.18. The van der Waals surface area contributed by atoms with Crippen molar-refractivity contribution in [3.05, 3.63) is 28.3 Å². The molecular formula is C10H16N4O4S. The third-order valence-electron chi connectivity index (χ3n) is 2.29. The van der Waals surface area contributed by atoms with E-state index in [0.29, 0.717) is 11.4 Å². The Labute approximate surface area is 111 Å². The van der Waals surface area contributed by atoms with Gasteiger partial charge in [0.1, 0.15) is 11.4 Å². The van der Waals surface area contributed by atoms with Crippen LogP contribution in [0.15, 0.2) is 18.2 Å². The zero-order chi connectivity index (χ0) is 14.5. The topological polar surface area (TPSA) is 113 Å². The Bertz CT molecular complexity index is 559. The Morgan fingerprint density at radius 1 is 1.26 bits per heavy atom. The normalized spacial score (nSPS) is 11.1. The Hall–Kier alpha value is -1.87. The Balaban J connectivity index is 2.76.